The molecule has 8 heteroatoms. The molecule has 1 aliphatic carbocycles. The van der Waals surface area contributed by atoms with Crippen molar-refractivity contribution in [2.75, 3.05) is 21.3 Å². The second-order valence-corrected chi connectivity index (χ2v) is 8.69. The molecule has 0 saturated carbocycles. The van der Waals surface area contributed by atoms with Gasteiger partial charge in [-0.05, 0) is 17.7 Å². The van der Waals surface area contributed by atoms with Crippen LogP contribution in [-0.4, -0.2) is 36.6 Å². The number of aromatic amines is 2. The van der Waals surface area contributed by atoms with Crippen molar-refractivity contribution in [2.24, 2.45) is 0 Å². The third-order valence-corrected chi connectivity index (χ3v) is 7.19. The minimum Gasteiger partial charge on any atom is -0.497 e. The Morgan fingerprint density at radius 3 is 2.26 bits per heavy atom. The minimum absolute atomic E-state index is 0.317. The first kappa shape index (κ1) is 21.4. The molecule has 178 valence electrons. The van der Waals surface area contributed by atoms with Gasteiger partial charge in [0.2, 0.25) is 0 Å². The highest BCUT2D eigenvalue weighted by Gasteiger charge is 2.73. The fourth-order valence-electron chi connectivity index (χ4n) is 5.74. The highest BCUT2D eigenvalue weighted by Crippen LogP contribution is 2.69. The zero-order valence-electron chi connectivity index (χ0n) is 19.4. The van der Waals surface area contributed by atoms with Gasteiger partial charge < -0.3 is 24.1 Å². The van der Waals surface area contributed by atoms with E-state index in [2.05, 4.69) is 10.2 Å². The van der Waals surface area contributed by atoms with Crippen LogP contribution in [0.25, 0.3) is 0 Å². The molecule has 0 bridgehead atoms. The monoisotopic (exact) mass is 472 g/mol. The van der Waals surface area contributed by atoms with Crippen LogP contribution in [0.1, 0.15) is 33.9 Å². The van der Waals surface area contributed by atoms with Gasteiger partial charge in [-0.15, -0.1) is 0 Å². The lowest BCUT2D eigenvalue weighted by molar-refractivity contribution is -0.0916. The maximum Gasteiger partial charge on any atom is 0.268 e. The van der Waals surface area contributed by atoms with Crippen molar-refractivity contribution in [1.29, 1.82) is 0 Å². The molecule has 35 heavy (non-hydrogen) atoms. The van der Waals surface area contributed by atoms with Crippen LogP contribution in [-0.2, 0) is 11.2 Å². The molecule has 0 spiro atoms. The van der Waals surface area contributed by atoms with Crippen LogP contribution < -0.4 is 24.5 Å². The van der Waals surface area contributed by atoms with E-state index in [9.17, 15) is 9.90 Å². The summed E-state index contributed by atoms with van der Waals surface area (Å²) < 4.78 is 23.4. The second kappa shape index (κ2) is 7.41. The maximum absolute atomic E-state index is 13.2. The molecule has 2 aliphatic rings. The van der Waals surface area contributed by atoms with Gasteiger partial charge in [0, 0.05) is 17.7 Å². The summed E-state index contributed by atoms with van der Waals surface area (Å²) in [5, 5.41) is 18.4. The van der Waals surface area contributed by atoms with Crippen LogP contribution in [0.4, 0.5) is 0 Å². The number of methoxy groups -OCH3 is 3. The summed E-state index contributed by atoms with van der Waals surface area (Å²) in [5.41, 5.74) is -0.844. The first-order chi connectivity index (χ1) is 17.0. The molecule has 6 rings (SSSR count). The summed E-state index contributed by atoms with van der Waals surface area (Å²) >= 11 is 0. The van der Waals surface area contributed by atoms with Gasteiger partial charge >= 0.3 is 0 Å². The molecule has 0 saturated heterocycles. The van der Waals surface area contributed by atoms with Crippen LogP contribution >= 0.6 is 0 Å². The predicted molar refractivity (Wildman–Crippen MR) is 128 cm³/mol. The van der Waals surface area contributed by atoms with E-state index in [4.69, 9.17) is 18.9 Å². The largest absolute Gasteiger partial charge is 0.497 e. The van der Waals surface area contributed by atoms with Gasteiger partial charge in [0.05, 0.1) is 44.1 Å². The number of hydrogen-bond acceptors (Lipinski definition) is 6. The van der Waals surface area contributed by atoms with E-state index in [0.29, 0.717) is 45.4 Å². The van der Waals surface area contributed by atoms with E-state index in [-0.39, 0.29) is 5.56 Å². The lowest BCUT2D eigenvalue weighted by Gasteiger charge is -2.40. The molecule has 3 N–H and O–H groups in total. The van der Waals surface area contributed by atoms with Gasteiger partial charge in [-0.3, -0.25) is 15.0 Å². The molecular weight excluding hydrogens is 448 g/mol. The smallest absolute Gasteiger partial charge is 0.268 e. The summed E-state index contributed by atoms with van der Waals surface area (Å²) in [4.78, 5) is 13.2. The van der Waals surface area contributed by atoms with Crippen LogP contribution in [0.2, 0.25) is 0 Å². The zero-order chi connectivity index (χ0) is 24.4. The number of nitrogens with one attached hydrogen (secondary N) is 2. The second-order valence-electron chi connectivity index (χ2n) is 8.69. The van der Waals surface area contributed by atoms with Crippen LogP contribution in [0.15, 0.2) is 71.5 Å². The van der Waals surface area contributed by atoms with Gasteiger partial charge in [0.1, 0.15) is 23.0 Å². The summed E-state index contributed by atoms with van der Waals surface area (Å²) in [6, 6.07) is 20.3. The average molecular weight is 472 g/mol. The first-order valence-electron chi connectivity index (χ1n) is 11.2. The van der Waals surface area contributed by atoms with E-state index in [1.807, 2.05) is 54.6 Å². The number of benzene rings is 3. The van der Waals surface area contributed by atoms with Crippen molar-refractivity contribution < 1.29 is 24.1 Å². The molecule has 0 amide bonds. The number of H-pyrrole nitrogens is 2. The van der Waals surface area contributed by atoms with Crippen molar-refractivity contribution in [3.8, 4) is 23.0 Å². The molecule has 1 aliphatic heterocycles. The SMILES string of the molecule is COc1ccc(C23Oc4cc(OC)cc(OC)c4C2(O)c2[nH][nH]c(=O)c2C3c2ccccc2)cc1. The van der Waals surface area contributed by atoms with Crippen molar-refractivity contribution in [2.45, 2.75) is 17.1 Å². The standard InChI is InChI=1S/C27H24N2O6/c1-32-17-11-9-16(10-12-17)27-22(15-7-5-4-6-8-15)21-24(28-29-25(21)30)26(27,31)23-19(34-3)13-18(33-2)14-20(23)35-27/h4-14,22,31H,1-3H3,(H2,28,29,30). The Balaban J connectivity index is 1.75. The van der Waals surface area contributed by atoms with E-state index >= 15 is 0 Å². The Labute approximate surface area is 201 Å². The number of aliphatic hydroxyl groups is 1. The van der Waals surface area contributed by atoms with Crippen molar-refractivity contribution >= 4 is 0 Å². The fraction of sp³-hybridized carbons (Fsp3) is 0.222. The summed E-state index contributed by atoms with van der Waals surface area (Å²) in [5.74, 6) is 1.34. The lowest BCUT2D eigenvalue weighted by Crippen LogP contribution is -2.50. The van der Waals surface area contributed by atoms with E-state index in [1.165, 1.54) is 7.11 Å². The molecule has 0 fully saturated rings. The van der Waals surface area contributed by atoms with E-state index < -0.39 is 17.1 Å². The lowest BCUT2D eigenvalue weighted by atomic mass is 9.70. The molecule has 0 radical (unpaired) electrons. The molecule has 3 aromatic carbocycles. The molecule has 4 aromatic rings. The highest BCUT2D eigenvalue weighted by atomic mass is 16.5. The minimum atomic E-state index is -1.79. The molecule has 8 nitrogen and oxygen atoms in total. The normalized spacial score (nSPS) is 23.7. The quantitative estimate of drug-likeness (QED) is 0.411. The van der Waals surface area contributed by atoms with Gasteiger partial charge in [-0.2, -0.15) is 0 Å². The topological polar surface area (TPSA) is 106 Å². The van der Waals surface area contributed by atoms with Gasteiger partial charge in [0.15, 0.2) is 11.2 Å². The van der Waals surface area contributed by atoms with Gasteiger partial charge in [-0.25, -0.2) is 0 Å². The number of ether oxygens (including phenoxy) is 4. The van der Waals surface area contributed by atoms with Gasteiger partial charge in [0.25, 0.3) is 5.56 Å². The molecule has 1 aromatic heterocycles. The summed E-state index contributed by atoms with van der Waals surface area (Å²) in [6.07, 6.45) is 0. The Morgan fingerprint density at radius 2 is 1.60 bits per heavy atom. The van der Waals surface area contributed by atoms with E-state index in [1.54, 1.807) is 26.4 Å². The summed E-state index contributed by atoms with van der Waals surface area (Å²) in [6.45, 7) is 0. The summed E-state index contributed by atoms with van der Waals surface area (Å²) in [7, 11) is 4.67. The zero-order valence-corrected chi connectivity index (χ0v) is 19.4. The fourth-order valence-corrected chi connectivity index (χ4v) is 5.74. The van der Waals surface area contributed by atoms with Crippen molar-refractivity contribution in [1.82, 2.24) is 10.2 Å². The maximum atomic E-state index is 13.2. The number of hydrogen-bond donors (Lipinski definition) is 3. The molecular formula is C27H24N2O6. The van der Waals surface area contributed by atoms with E-state index in [0.717, 1.165) is 5.56 Å². The van der Waals surface area contributed by atoms with Crippen LogP contribution in [0.5, 0.6) is 23.0 Å². The molecule has 2 heterocycles. The first-order valence-corrected chi connectivity index (χ1v) is 11.2. The van der Waals surface area contributed by atoms with Crippen LogP contribution in [0, 0.1) is 0 Å². The number of rotatable bonds is 5. The van der Waals surface area contributed by atoms with Crippen LogP contribution in [0.3, 0.4) is 0 Å². The van der Waals surface area contributed by atoms with Gasteiger partial charge in [-0.1, -0.05) is 42.5 Å². The Bertz CT molecular complexity index is 1480. The van der Waals surface area contributed by atoms with Crippen molar-refractivity contribution in [3.63, 3.8) is 0 Å². The third kappa shape index (κ3) is 2.57. The molecule has 3 atom stereocenters. The average Bonchev–Trinajstić information content (AvgIpc) is 3.47. The third-order valence-electron chi connectivity index (χ3n) is 7.19. The number of fused-ring (bicyclic) bond motifs is 5. The Kier molecular flexibility index (Phi) is 4.53. The predicted octanol–water partition coefficient (Wildman–Crippen LogP) is 3.40. The number of aromatic nitrogens is 2. The van der Waals surface area contributed by atoms with Crippen molar-refractivity contribution in [3.05, 3.63) is 105 Å². The Morgan fingerprint density at radius 1 is 0.886 bits per heavy atom. The molecule has 3 unspecified atom stereocenters. The highest BCUT2D eigenvalue weighted by molar-refractivity contribution is 5.68. The Hall–Kier alpha value is -4.17.